The second-order valence-electron chi connectivity index (χ2n) is 6.27. The summed E-state index contributed by atoms with van der Waals surface area (Å²) in [5.74, 6) is -0.904. The minimum absolute atomic E-state index is 0.0570. The van der Waals surface area contributed by atoms with E-state index in [1.807, 2.05) is 0 Å². The lowest BCUT2D eigenvalue weighted by molar-refractivity contribution is -0.141. The van der Waals surface area contributed by atoms with Gasteiger partial charge in [-0.3, -0.25) is 4.90 Å². The average Bonchev–Trinajstić information content (AvgIpc) is 2.55. The molecule has 0 amide bonds. The van der Waals surface area contributed by atoms with Gasteiger partial charge in [-0.15, -0.1) is 10.2 Å². The van der Waals surface area contributed by atoms with E-state index in [0.29, 0.717) is 31.0 Å². The highest BCUT2D eigenvalue weighted by Crippen LogP contribution is 2.27. The first-order valence-corrected chi connectivity index (χ1v) is 8.14. The number of anilines is 1. The number of rotatable bonds is 4. The Labute approximate surface area is 147 Å². The third-order valence-electron chi connectivity index (χ3n) is 4.22. The maximum Gasteiger partial charge on any atom is 0.435 e. The molecule has 1 aliphatic rings. The number of hydrogen-bond acceptors (Lipinski definition) is 4. The van der Waals surface area contributed by atoms with Gasteiger partial charge in [-0.25, -0.2) is 8.78 Å². The van der Waals surface area contributed by atoms with Crippen LogP contribution in [0, 0.1) is 11.6 Å². The number of benzene rings is 1. The summed E-state index contributed by atoms with van der Waals surface area (Å²) in [4.78, 5) is 2.07. The van der Waals surface area contributed by atoms with E-state index in [0.717, 1.165) is 25.0 Å². The van der Waals surface area contributed by atoms with Crippen molar-refractivity contribution in [1.82, 2.24) is 15.1 Å². The molecule has 0 spiro atoms. The molecular formula is C17H17F5N4. The van der Waals surface area contributed by atoms with Gasteiger partial charge in [0.2, 0.25) is 0 Å². The van der Waals surface area contributed by atoms with Crippen LogP contribution in [0.5, 0.6) is 0 Å². The highest BCUT2D eigenvalue weighted by atomic mass is 19.4. The molecule has 0 unspecified atom stereocenters. The van der Waals surface area contributed by atoms with Crippen LogP contribution in [0.25, 0.3) is 0 Å². The summed E-state index contributed by atoms with van der Waals surface area (Å²) in [6.07, 6.45) is -3.03. The van der Waals surface area contributed by atoms with Crippen molar-refractivity contribution in [1.29, 1.82) is 0 Å². The SMILES string of the molecule is Fc1cc(F)cc(CN2CCC(Nc3ccc(C(F)(F)F)nn3)CC2)c1. The van der Waals surface area contributed by atoms with Gasteiger partial charge in [-0.1, -0.05) is 0 Å². The molecule has 1 aliphatic heterocycles. The Morgan fingerprint density at radius 3 is 2.19 bits per heavy atom. The van der Waals surface area contributed by atoms with Gasteiger partial charge in [-0.2, -0.15) is 13.2 Å². The lowest BCUT2D eigenvalue weighted by Crippen LogP contribution is -2.38. The Bertz CT molecular complexity index is 720. The Morgan fingerprint density at radius 2 is 1.65 bits per heavy atom. The van der Waals surface area contributed by atoms with Crippen LogP contribution in [0.4, 0.5) is 27.8 Å². The van der Waals surface area contributed by atoms with Crippen LogP contribution in [0.2, 0.25) is 0 Å². The zero-order valence-electron chi connectivity index (χ0n) is 13.7. The van der Waals surface area contributed by atoms with Gasteiger partial charge >= 0.3 is 6.18 Å². The second kappa shape index (κ2) is 7.53. The summed E-state index contributed by atoms with van der Waals surface area (Å²) in [6, 6.07) is 5.67. The molecule has 1 aromatic carbocycles. The first-order chi connectivity index (χ1) is 12.3. The molecule has 1 fully saturated rings. The van der Waals surface area contributed by atoms with E-state index in [1.54, 1.807) is 0 Å². The third kappa shape index (κ3) is 4.87. The number of hydrogen-bond donors (Lipinski definition) is 1. The van der Waals surface area contributed by atoms with Crippen LogP contribution >= 0.6 is 0 Å². The summed E-state index contributed by atoms with van der Waals surface area (Å²) < 4.78 is 63.9. The van der Waals surface area contributed by atoms with Crippen molar-refractivity contribution in [3.8, 4) is 0 Å². The number of aromatic nitrogens is 2. The third-order valence-corrected chi connectivity index (χ3v) is 4.22. The van der Waals surface area contributed by atoms with Gasteiger partial charge in [0.15, 0.2) is 5.69 Å². The lowest BCUT2D eigenvalue weighted by Gasteiger charge is -2.32. The molecule has 3 rings (SSSR count). The van der Waals surface area contributed by atoms with Crippen LogP contribution in [0.1, 0.15) is 24.1 Å². The molecule has 0 radical (unpaired) electrons. The smallest absolute Gasteiger partial charge is 0.366 e. The minimum atomic E-state index is -4.51. The largest absolute Gasteiger partial charge is 0.435 e. The van der Waals surface area contributed by atoms with Crippen LogP contribution in [-0.2, 0) is 12.7 Å². The van der Waals surface area contributed by atoms with Crippen molar-refractivity contribution in [2.45, 2.75) is 31.6 Å². The normalized spacial score (nSPS) is 16.7. The number of piperidine rings is 1. The van der Waals surface area contributed by atoms with Crippen molar-refractivity contribution in [2.24, 2.45) is 0 Å². The first-order valence-electron chi connectivity index (χ1n) is 8.14. The molecule has 0 aliphatic carbocycles. The Hall–Kier alpha value is -2.29. The number of nitrogens with one attached hydrogen (secondary N) is 1. The molecule has 2 heterocycles. The van der Waals surface area contributed by atoms with E-state index in [4.69, 9.17) is 0 Å². The topological polar surface area (TPSA) is 41.0 Å². The van der Waals surface area contributed by atoms with Gasteiger partial charge in [0.1, 0.15) is 17.5 Å². The molecule has 0 bridgehead atoms. The zero-order valence-corrected chi connectivity index (χ0v) is 13.7. The Kier molecular flexibility index (Phi) is 5.36. The average molecular weight is 372 g/mol. The molecule has 9 heteroatoms. The monoisotopic (exact) mass is 372 g/mol. The van der Waals surface area contributed by atoms with Crippen LogP contribution < -0.4 is 5.32 Å². The molecule has 1 N–H and O–H groups in total. The van der Waals surface area contributed by atoms with E-state index in [2.05, 4.69) is 20.4 Å². The molecule has 1 saturated heterocycles. The maximum atomic E-state index is 13.2. The van der Waals surface area contributed by atoms with Crippen molar-refractivity contribution in [3.63, 3.8) is 0 Å². The molecule has 4 nitrogen and oxygen atoms in total. The number of nitrogens with zero attached hydrogens (tertiary/aromatic N) is 3. The van der Waals surface area contributed by atoms with E-state index in [9.17, 15) is 22.0 Å². The van der Waals surface area contributed by atoms with Crippen molar-refractivity contribution in [3.05, 3.63) is 53.2 Å². The molecule has 26 heavy (non-hydrogen) atoms. The van der Waals surface area contributed by atoms with Crippen molar-refractivity contribution >= 4 is 5.82 Å². The molecular weight excluding hydrogens is 355 g/mol. The summed E-state index contributed by atoms with van der Waals surface area (Å²) in [7, 11) is 0. The lowest BCUT2D eigenvalue weighted by atomic mass is 10.0. The van der Waals surface area contributed by atoms with E-state index < -0.39 is 23.5 Å². The minimum Gasteiger partial charge on any atom is -0.366 e. The van der Waals surface area contributed by atoms with Gasteiger partial charge in [0.25, 0.3) is 0 Å². The fourth-order valence-electron chi connectivity index (χ4n) is 2.97. The number of halogens is 5. The van der Waals surface area contributed by atoms with Gasteiger partial charge in [-0.05, 0) is 42.7 Å². The molecule has 0 atom stereocenters. The summed E-state index contributed by atoms with van der Waals surface area (Å²) in [6.45, 7) is 1.84. The van der Waals surface area contributed by atoms with E-state index in [1.165, 1.54) is 18.2 Å². The fraction of sp³-hybridized carbons (Fsp3) is 0.412. The predicted octanol–water partition coefficient (Wildman–Crippen LogP) is 3.85. The molecule has 140 valence electrons. The number of alkyl halides is 3. The van der Waals surface area contributed by atoms with Crippen LogP contribution in [0.15, 0.2) is 30.3 Å². The second-order valence-corrected chi connectivity index (χ2v) is 6.27. The van der Waals surface area contributed by atoms with Gasteiger partial charge in [0.05, 0.1) is 0 Å². The highest BCUT2D eigenvalue weighted by Gasteiger charge is 2.33. The molecule has 2 aromatic rings. The van der Waals surface area contributed by atoms with Crippen LogP contribution in [0.3, 0.4) is 0 Å². The van der Waals surface area contributed by atoms with E-state index >= 15 is 0 Å². The van der Waals surface area contributed by atoms with Gasteiger partial charge < -0.3 is 5.32 Å². The standard InChI is InChI=1S/C17H17F5N4/c18-12-7-11(8-13(19)9-12)10-26-5-3-14(4-6-26)23-16-2-1-15(24-25-16)17(20,21)22/h1-2,7-9,14H,3-6,10H2,(H,23,25). The van der Waals surface area contributed by atoms with Gasteiger partial charge in [0, 0.05) is 31.7 Å². The first kappa shape index (κ1) is 18.5. The number of likely N-dealkylation sites (tertiary alicyclic amines) is 1. The zero-order chi connectivity index (χ0) is 18.7. The summed E-state index contributed by atoms with van der Waals surface area (Å²) in [5.41, 5.74) is -0.456. The predicted molar refractivity (Wildman–Crippen MR) is 85.3 cm³/mol. The van der Waals surface area contributed by atoms with Crippen molar-refractivity contribution < 1.29 is 22.0 Å². The molecule has 1 aromatic heterocycles. The highest BCUT2D eigenvalue weighted by molar-refractivity contribution is 5.34. The Morgan fingerprint density at radius 1 is 1.00 bits per heavy atom. The summed E-state index contributed by atoms with van der Waals surface area (Å²) in [5, 5.41) is 9.83. The van der Waals surface area contributed by atoms with Crippen molar-refractivity contribution in [2.75, 3.05) is 18.4 Å². The Balaban J connectivity index is 1.50. The molecule has 0 saturated carbocycles. The maximum absolute atomic E-state index is 13.2. The van der Waals surface area contributed by atoms with E-state index in [-0.39, 0.29) is 6.04 Å². The quantitative estimate of drug-likeness (QED) is 0.828. The fourth-order valence-corrected chi connectivity index (χ4v) is 2.97. The summed E-state index contributed by atoms with van der Waals surface area (Å²) >= 11 is 0. The van der Waals surface area contributed by atoms with Crippen LogP contribution in [-0.4, -0.2) is 34.2 Å².